The molecular weight excluding hydrogens is 1500 g/mol. The van der Waals surface area contributed by atoms with E-state index >= 15 is 0 Å². The van der Waals surface area contributed by atoms with Gasteiger partial charge in [-0.2, -0.15) is 0 Å². The first-order chi connectivity index (χ1) is 57.3. The molecule has 0 unspecified atom stereocenters. The van der Waals surface area contributed by atoms with Gasteiger partial charge in [0.25, 0.3) is 0 Å². The van der Waals surface area contributed by atoms with Crippen molar-refractivity contribution in [3.63, 3.8) is 0 Å². The lowest BCUT2D eigenvalue weighted by atomic mass is 9.77. The quantitative estimate of drug-likeness (QED) is 0.0781. The van der Waals surface area contributed by atoms with Crippen LogP contribution >= 0.6 is 0 Å². The van der Waals surface area contributed by atoms with Crippen LogP contribution in [0.3, 0.4) is 0 Å². The summed E-state index contributed by atoms with van der Waals surface area (Å²) >= 11 is 0. The first-order valence-corrected chi connectivity index (χ1v) is 42.1. The van der Waals surface area contributed by atoms with Crippen LogP contribution in [-0.4, -0.2) is 59.8 Å². The monoisotopic (exact) mass is 1590 g/mol. The van der Waals surface area contributed by atoms with Crippen molar-refractivity contribution in [2.75, 3.05) is 0 Å². The number of nitrogens with zero attached hydrogens (tertiary/aromatic N) is 8. The molecular formula is C98H96F8N12. The summed E-state index contributed by atoms with van der Waals surface area (Å²) in [7, 11) is 0. The molecule has 8 aromatic carbocycles. The first-order valence-electron chi connectivity index (χ1n) is 42.1. The second kappa shape index (κ2) is 34.7. The predicted molar refractivity (Wildman–Crippen MR) is 453 cm³/mol. The highest BCUT2D eigenvalue weighted by atomic mass is 19.2. The van der Waals surface area contributed by atoms with Crippen LogP contribution in [-0.2, 0) is 25.7 Å². The van der Waals surface area contributed by atoms with Gasteiger partial charge in [-0.15, -0.1) is 0 Å². The van der Waals surface area contributed by atoms with Gasteiger partial charge < -0.3 is 19.9 Å². The number of aromatic nitrogens is 12. The molecule has 4 aliphatic rings. The van der Waals surface area contributed by atoms with Gasteiger partial charge >= 0.3 is 0 Å². The van der Waals surface area contributed by atoms with E-state index in [0.29, 0.717) is 81.2 Å². The maximum atomic E-state index is 13.8. The molecule has 20 heteroatoms. The molecule has 8 aromatic heterocycles. The molecule has 604 valence electrons. The summed E-state index contributed by atoms with van der Waals surface area (Å²) in [5.74, 6) is 4.42. The molecule has 4 saturated carbocycles. The second-order valence-corrected chi connectivity index (χ2v) is 34.1. The lowest BCUT2D eigenvalue weighted by Gasteiger charge is -2.29. The van der Waals surface area contributed by atoms with E-state index in [1.807, 2.05) is 24.5 Å². The fourth-order valence-corrected chi connectivity index (χ4v) is 19.2. The van der Waals surface area contributed by atoms with Crippen molar-refractivity contribution >= 4 is 87.7 Å². The summed E-state index contributed by atoms with van der Waals surface area (Å²) in [5.41, 5.74) is 17.4. The third-order valence-corrected chi connectivity index (χ3v) is 25.6. The van der Waals surface area contributed by atoms with E-state index < -0.39 is 23.3 Å². The number of nitrogens with one attached hydrogen (secondary N) is 4. The molecule has 0 spiro atoms. The number of halogens is 8. The van der Waals surface area contributed by atoms with Gasteiger partial charge in [-0.1, -0.05) is 39.8 Å². The molecule has 0 radical (unpaired) electrons. The van der Waals surface area contributed by atoms with Crippen LogP contribution in [0.15, 0.2) is 183 Å². The summed E-state index contributed by atoms with van der Waals surface area (Å²) in [6.07, 6.45) is 28.3. The van der Waals surface area contributed by atoms with E-state index in [4.69, 9.17) is 9.97 Å². The van der Waals surface area contributed by atoms with Gasteiger partial charge in [0.05, 0.1) is 66.2 Å². The second-order valence-electron chi connectivity index (χ2n) is 34.1. The fourth-order valence-electron chi connectivity index (χ4n) is 19.2. The number of hydrogen-bond acceptors (Lipinski definition) is 8. The van der Waals surface area contributed by atoms with Gasteiger partial charge in [0.1, 0.15) is 46.6 Å². The van der Waals surface area contributed by atoms with Crippen LogP contribution in [0.2, 0.25) is 0 Å². The summed E-state index contributed by atoms with van der Waals surface area (Å²) in [6, 6.07) is 45.2. The van der Waals surface area contributed by atoms with Crippen molar-refractivity contribution in [1.29, 1.82) is 0 Å². The molecule has 118 heavy (non-hydrogen) atoms. The van der Waals surface area contributed by atoms with Crippen molar-refractivity contribution < 1.29 is 35.1 Å². The molecule has 16 aromatic rings. The molecule has 20 rings (SSSR count). The highest BCUT2D eigenvalue weighted by molar-refractivity contribution is 5.86. The molecule has 0 bridgehead atoms. The topological polar surface area (TPSA) is 166 Å². The predicted octanol–water partition coefficient (Wildman–Crippen LogP) is 25.9. The lowest BCUT2D eigenvalue weighted by molar-refractivity contribution is 0.322. The smallest absolute Gasteiger partial charge is 0.161 e. The van der Waals surface area contributed by atoms with Crippen molar-refractivity contribution in [1.82, 2.24) is 59.8 Å². The molecule has 0 amide bonds. The molecule has 0 aliphatic heterocycles. The number of fused-ring (bicyclic) bond motifs is 8. The van der Waals surface area contributed by atoms with E-state index in [-0.39, 0.29) is 23.3 Å². The van der Waals surface area contributed by atoms with Crippen LogP contribution in [0, 0.1) is 70.2 Å². The zero-order chi connectivity index (χ0) is 81.2. The number of benzene rings is 8. The Morgan fingerprint density at radius 1 is 0.263 bits per heavy atom. The third-order valence-electron chi connectivity index (χ3n) is 25.6. The summed E-state index contributed by atoms with van der Waals surface area (Å²) in [4.78, 5) is 49.4. The number of hydrogen-bond donors (Lipinski definition) is 4. The zero-order valence-corrected chi connectivity index (χ0v) is 66.8. The van der Waals surface area contributed by atoms with Crippen LogP contribution in [0.25, 0.3) is 87.7 Å². The van der Waals surface area contributed by atoms with Crippen LogP contribution in [0.5, 0.6) is 0 Å². The van der Waals surface area contributed by atoms with E-state index in [0.717, 1.165) is 216 Å². The van der Waals surface area contributed by atoms with Crippen molar-refractivity contribution in [2.45, 2.75) is 192 Å². The van der Waals surface area contributed by atoms with Crippen LogP contribution in [0.4, 0.5) is 35.1 Å². The fraction of sp³-hybridized carbons (Fsp3) is 0.347. The highest BCUT2D eigenvalue weighted by Gasteiger charge is 2.31. The minimum Gasteiger partial charge on any atom is -0.342 e. The number of H-pyrrole nitrogens is 4. The largest absolute Gasteiger partial charge is 0.342 e. The SMILES string of the molecule is CC(C)c1ccc2nc(CC3CCC(c4ccnc5ccc(F)cc45)CC3)[nH]c2c1.CC(C)c1ccc2nc(CC3CCC(c4ccnc5ccc(F)cc45)CC3)[nH]c2c1.Fc1ccc2nccc(C3CCC(Cc4nc5cc(F)c(F)cc5[nH]4)CC3)c2c1.Fc1ccc2nccc(C3CCC(Cc4nc5cc(F)c(F)cc5[nH]4)CC3)c2c1. The van der Waals surface area contributed by atoms with Crippen LogP contribution in [0.1, 0.15) is 223 Å². The van der Waals surface area contributed by atoms with E-state index in [1.54, 1.807) is 60.9 Å². The average molecular weight is 1590 g/mol. The molecule has 4 aliphatic carbocycles. The number of aromatic amines is 4. The number of rotatable bonds is 14. The molecule has 8 heterocycles. The lowest BCUT2D eigenvalue weighted by Crippen LogP contribution is -2.16. The highest BCUT2D eigenvalue weighted by Crippen LogP contribution is 2.45. The number of imidazole rings is 4. The van der Waals surface area contributed by atoms with E-state index in [9.17, 15) is 35.1 Å². The Bertz CT molecular complexity index is 5820. The Labute approximate surface area is 680 Å². The summed E-state index contributed by atoms with van der Waals surface area (Å²) in [5, 5.41) is 3.74. The molecule has 0 saturated heterocycles. The van der Waals surface area contributed by atoms with E-state index in [2.05, 4.69) is 126 Å². The molecule has 0 atom stereocenters. The zero-order valence-electron chi connectivity index (χ0n) is 66.8. The first kappa shape index (κ1) is 79.2. The van der Waals surface area contributed by atoms with Gasteiger partial charge in [0, 0.05) is 96.3 Å². The Hall–Kier alpha value is -11.3. The van der Waals surface area contributed by atoms with Gasteiger partial charge in [0.2, 0.25) is 0 Å². The van der Waals surface area contributed by atoms with Gasteiger partial charge in [0.15, 0.2) is 23.3 Å². The van der Waals surface area contributed by atoms with Gasteiger partial charge in [-0.3, -0.25) is 19.9 Å². The Kier molecular flexibility index (Phi) is 23.3. The van der Waals surface area contributed by atoms with Gasteiger partial charge in [-0.25, -0.2) is 55.1 Å². The Morgan fingerprint density at radius 3 is 0.763 bits per heavy atom. The summed E-state index contributed by atoms with van der Waals surface area (Å²) < 4.78 is 109. The van der Waals surface area contributed by atoms with Gasteiger partial charge in [-0.05, 0) is 317 Å². The normalized spacial score (nSPS) is 19.8. The third kappa shape index (κ3) is 17.9. The Balaban J connectivity index is 0.000000113. The molecule has 4 N–H and O–H groups in total. The average Bonchev–Trinajstić information content (AvgIpc) is 1.36. The van der Waals surface area contributed by atoms with Crippen LogP contribution < -0.4 is 0 Å². The maximum Gasteiger partial charge on any atom is 0.161 e. The number of pyridine rings is 4. The van der Waals surface area contributed by atoms with Crippen molar-refractivity contribution in [3.05, 3.63) is 286 Å². The molecule has 4 fully saturated rings. The molecule has 12 nitrogen and oxygen atoms in total. The summed E-state index contributed by atoms with van der Waals surface area (Å²) in [6.45, 7) is 8.88. The minimum absolute atomic E-state index is 0.184. The minimum atomic E-state index is -0.878. The van der Waals surface area contributed by atoms with E-state index in [1.165, 1.54) is 83.3 Å². The van der Waals surface area contributed by atoms with Crippen molar-refractivity contribution in [2.24, 2.45) is 23.7 Å². The standard InChI is InChI=1S/2C26H28FN3.2C23H20F3N3/c2*1-16(2)19-7-9-24-25(14-19)30-26(29-24)13-17-3-5-18(6-4-17)21-11-12-28-23-10-8-20(27)15-22(21)23;2*24-15-5-6-20-17(10-15)16(7-8-27-20)14-3-1-13(2-4-14)9-23-28-21-11-18(25)19(26)12-22(21)29-23/h2*7-12,14-18H,3-6,13H2,1-2H3,(H,29,30);2*5-8,10-14H,1-4,9H2,(H,28,29). The Morgan fingerprint density at radius 2 is 0.500 bits per heavy atom. The maximum absolute atomic E-state index is 13.8. The van der Waals surface area contributed by atoms with Crippen molar-refractivity contribution in [3.8, 4) is 0 Å².